The summed E-state index contributed by atoms with van der Waals surface area (Å²) in [5.41, 5.74) is 3.19. The fourth-order valence-electron chi connectivity index (χ4n) is 3.10. The predicted molar refractivity (Wildman–Crippen MR) is 124 cm³/mol. The quantitative estimate of drug-likeness (QED) is 0.403. The number of halogens is 1. The summed E-state index contributed by atoms with van der Waals surface area (Å²) < 4.78 is 5.77. The maximum atomic E-state index is 13.2. The normalized spacial score (nSPS) is 16.6. The molecule has 0 bridgehead atoms. The topological polar surface area (TPSA) is 58.6 Å². The van der Waals surface area contributed by atoms with Gasteiger partial charge in [-0.3, -0.25) is 19.8 Å². The van der Waals surface area contributed by atoms with Crippen LogP contribution >= 0.6 is 23.8 Å². The van der Waals surface area contributed by atoms with Crippen molar-refractivity contribution in [2.45, 2.75) is 40.2 Å². The second-order valence-corrected chi connectivity index (χ2v) is 8.07. The van der Waals surface area contributed by atoms with Crippen molar-refractivity contribution in [3.05, 3.63) is 63.7 Å². The zero-order chi connectivity index (χ0) is 22.0. The Bertz CT molecular complexity index is 1060. The summed E-state index contributed by atoms with van der Waals surface area (Å²) >= 11 is 11.6. The van der Waals surface area contributed by atoms with Gasteiger partial charge < -0.3 is 4.74 Å². The van der Waals surface area contributed by atoms with Gasteiger partial charge in [0.1, 0.15) is 11.3 Å². The minimum atomic E-state index is -0.540. The van der Waals surface area contributed by atoms with Crippen molar-refractivity contribution >= 4 is 52.5 Å². The molecule has 5 nitrogen and oxygen atoms in total. The van der Waals surface area contributed by atoms with Gasteiger partial charge in [-0.05, 0) is 74.8 Å². The van der Waals surface area contributed by atoms with Gasteiger partial charge in [0.25, 0.3) is 11.8 Å². The molecule has 0 radical (unpaired) electrons. The summed E-state index contributed by atoms with van der Waals surface area (Å²) in [5, 5.41) is 3.07. The number of aryl methyl sites for hydroxylation is 2. The van der Waals surface area contributed by atoms with Crippen molar-refractivity contribution in [3.8, 4) is 5.75 Å². The number of hydrogen-bond acceptors (Lipinski definition) is 4. The van der Waals surface area contributed by atoms with Crippen LogP contribution < -0.4 is 15.0 Å². The van der Waals surface area contributed by atoms with Gasteiger partial charge in [0.05, 0.1) is 16.8 Å². The average molecular weight is 443 g/mol. The van der Waals surface area contributed by atoms with Crippen molar-refractivity contribution < 1.29 is 14.3 Å². The first-order valence-electron chi connectivity index (χ1n) is 9.66. The molecular formula is C23H23ClN2O3S. The van der Waals surface area contributed by atoms with Gasteiger partial charge in [-0.15, -0.1) is 0 Å². The average Bonchev–Trinajstić information content (AvgIpc) is 2.68. The van der Waals surface area contributed by atoms with Crippen molar-refractivity contribution in [3.63, 3.8) is 0 Å². The zero-order valence-corrected chi connectivity index (χ0v) is 18.9. The fraction of sp³-hybridized carbons (Fsp3) is 0.261. The van der Waals surface area contributed by atoms with Crippen LogP contribution in [0.4, 0.5) is 5.69 Å². The lowest BCUT2D eigenvalue weighted by atomic mass is 10.0. The number of nitrogens with one attached hydrogen (secondary N) is 1. The number of ether oxygens (including phenoxy) is 1. The van der Waals surface area contributed by atoms with Crippen LogP contribution in [0.15, 0.2) is 42.0 Å². The predicted octanol–water partition coefficient (Wildman–Crippen LogP) is 4.97. The highest BCUT2D eigenvalue weighted by molar-refractivity contribution is 7.80. The number of benzene rings is 2. The van der Waals surface area contributed by atoms with Crippen LogP contribution in [-0.2, 0) is 9.59 Å². The van der Waals surface area contributed by atoms with Crippen LogP contribution in [-0.4, -0.2) is 23.0 Å². The Balaban J connectivity index is 1.95. The Kier molecular flexibility index (Phi) is 6.58. The van der Waals surface area contributed by atoms with E-state index in [2.05, 4.69) is 5.32 Å². The molecule has 156 valence electrons. The lowest BCUT2D eigenvalue weighted by Gasteiger charge is -2.30. The minimum absolute atomic E-state index is 0.0183. The second kappa shape index (κ2) is 8.98. The van der Waals surface area contributed by atoms with Crippen LogP contribution in [0.3, 0.4) is 0 Å². The third kappa shape index (κ3) is 4.55. The first-order chi connectivity index (χ1) is 14.2. The molecule has 1 heterocycles. The lowest BCUT2D eigenvalue weighted by Crippen LogP contribution is -2.54. The monoisotopic (exact) mass is 442 g/mol. The molecule has 2 aromatic rings. The molecule has 0 saturated carbocycles. The number of rotatable bonds is 5. The molecule has 1 N–H and O–H groups in total. The number of nitrogens with zero attached hydrogens (tertiary/aromatic N) is 1. The van der Waals surface area contributed by atoms with Crippen molar-refractivity contribution in [2.75, 3.05) is 4.90 Å². The summed E-state index contributed by atoms with van der Waals surface area (Å²) in [6.07, 6.45) is 2.39. The van der Waals surface area contributed by atoms with E-state index in [9.17, 15) is 9.59 Å². The van der Waals surface area contributed by atoms with E-state index < -0.39 is 11.8 Å². The highest BCUT2D eigenvalue weighted by Crippen LogP contribution is 2.29. The molecule has 3 rings (SSSR count). The van der Waals surface area contributed by atoms with Gasteiger partial charge in [0.2, 0.25) is 0 Å². The molecule has 2 amide bonds. The molecule has 0 aromatic heterocycles. The molecule has 1 aliphatic heterocycles. The summed E-state index contributed by atoms with van der Waals surface area (Å²) in [7, 11) is 0. The third-order valence-electron chi connectivity index (χ3n) is 4.86. The van der Waals surface area contributed by atoms with Crippen LogP contribution in [0, 0.1) is 13.8 Å². The number of hydrogen-bond donors (Lipinski definition) is 1. The van der Waals surface area contributed by atoms with Gasteiger partial charge in [-0.2, -0.15) is 0 Å². The van der Waals surface area contributed by atoms with E-state index in [0.717, 1.165) is 17.5 Å². The van der Waals surface area contributed by atoms with E-state index in [0.29, 0.717) is 22.0 Å². The van der Waals surface area contributed by atoms with Gasteiger partial charge in [-0.1, -0.05) is 42.3 Å². The number of anilines is 1. The Hall–Kier alpha value is -2.70. The molecule has 2 aromatic carbocycles. The van der Waals surface area contributed by atoms with Crippen molar-refractivity contribution in [2.24, 2.45) is 0 Å². The Morgan fingerprint density at radius 1 is 1.20 bits per heavy atom. The molecule has 1 aliphatic rings. The van der Waals surface area contributed by atoms with Crippen LogP contribution in [0.2, 0.25) is 5.02 Å². The SMILES string of the molecule is CCC(C)Oc1ccc(/C=C2\C(=O)NC(=S)N(c3ccc(C)cc3C)C2=O)cc1Cl. The molecule has 1 atom stereocenters. The number of amides is 2. The maximum absolute atomic E-state index is 13.2. The minimum Gasteiger partial charge on any atom is -0.489 e. The van der Waals surface area contributed by atoms with E-state index in [1.54, 1.807) is 18.2 Å². The van der Waals surface area contributed by atoms with Gasteiger partial charge in [0, 0.05) is 0 Å². The summed E-state index contributed by atoms with van der Waals surface area (Å²) in [5.74, 6) is -0.459. The van der Waals surface area contributed by atoms with E-state index in [-0.39, 0.29) is 16.8 Å². The van der Waals surface area contributed by atoms with Gasteiger partial charge in [-0.25, -0.2) is 0 Å². The molecule has 7 heteroatoms. The Morgan fingerprint density at radius 3 is 2.57 bits per heavy atom. The van der Waals surface area contributed by atoms with Crippen LogP contribution in [0.25, 0.3) is 6.08 Å². The van der Waals surface area contributed by atoms with E-state index in [1.165, 1.54) is 11.0 Å². The molecule has 1 saturated heterocycles. The third-order valence-corrected chi connectivity index (χ3v) is 5.44. The molecule has 30 heavy (non-hydrogen) atoms. The first kappa shape index (κ1) is 22.0. The van der Waals surface area contributed by atoms with Crippen molar-refractivity contribution in [1.82, 2.24) is 5.32 Å². The Labute approximate surface area is 186 Å². The maximum Gasteiger partial charge on any atom is 0.270 e. The van der Waals surface area contributed by atoms with E-state index >= 15 is 0 Å². The van der Waals surface area contributed by atoms with E-state index in [4.69, 9.17) is 28.6 Å². The van der Waals surface area contributed by atoms with Crippen LogP contribution in [0.5, 0.6) is 5.75 Å². The van der Waals surface area contributed by atoms with Gasteiger partial charge >= 0.3 is 0 Å². The number of carbonyl (C=O) groups is 2. The highest BCUT2D eigenvalue weighted by Gasteiger charge is 2.35. The fourth-order valence-corrected chi connectivity index (χ4v) is 3.61. The molecule has 0 spiro atoms. The lowest BCUT2D eigenvalue weighted by molar-refractivity contribution is -0.122. The van der Waals surface area contributed by atoms with Crippen molar-refractivity contribution in [1.29, 1.82) is 0 Å². The second-order valence-electron chi connectivity index (χ2n) is 7.27. The zero-order valence-electron chi connectivity index (χ0n) is 17.3. The Morgan fingerprint density at radius 2 is 1.93 bits per heavy atom. The standard InChI is InChI=1S/C23H23ClN2O3S/c1-5-15(4)29-20-9-7-16(12-18(20)24)11-17-21(27)25-23(30)26(22(17)28)19-8-6-13(2)10-14(19)3/h6-12,15H,5H2,1-4H3,(H,25,27,30)/b17-11+. The number of thiocarbonyl (C=S) groups is 1. The largest absolute Gasteiger partial charge is 0.489 e. The molecule has 1 unspecified atom stereocenters. The van der Waals surface area contributed by atoms with Crippen LogP contribution in [0.1, 0.15) is 37.0 Å². The summed E-state index contributed by atoms with van der Waals surface area (Å²) in [4.78, 5) is 27.0. The molecule has 1 fully saturated rings. The summed E-state index contributed by atoms with van der Waals surface area (Å²) in [6, 6.07) is 10.8. The summed E-state index contributed by atoms with van der Waals surface area (Å²) in [6.45, 7) is 7.85. The van der Waals surface area contributed by atoms with E-state index in [1.807, 2.05) is 45.9 Å². The molecule has 0 aliphatic carbocycles. The highest BCUT2D eigenvalue weighted by atomic mass is 35.5. The first-order valence-corrected chi connectivity index (χ1v) is 10.4. The molecular weight excluding hydrogens is 420 g/mol. The number of carbonyl (C=O) groups excluding carboxylic acids is 2. The smallest absolute Gasteiger partial charge is 0.270 e. The van der Waals surface area contributed by atoms with Gasteiger partial charge in [0.15, 0.2) is 5.11 Å².